The highest BCUT2D eigenvalue weighted by atomic mass is 35.5. The molecule has 1 aromatic rings. The number of amides is 1. The number of anilines is 1. The maximum atomic E-state index is 12.3. The average Bonchev–Trinajstić information content (AvgIpc) is 3.19. The Hall–Kier alpha value is -1.35. The molecule has 2 unspecified atom stereocenters. The van der Waals surface area contributed by atoms with Gasteiger partial charge in [0.15, 0.2) is 5.78 Å². The van der Waals surface area contributed by atoms with Crippen molar-refractivity contribution in [2.75, 3.05) is 4.90 Å². The number of hydrogen-bond acceptors (Lipinski definition) is 2. The number of Topliss-reactive ketones (excluding diaryl/α,β-unsaturated/α-hetero) is 1. The SMILES string of the molecule is CC(Cl)C(=O)c1ccc2c(c1)CC(C)N2C(=O)C1CC1. The predicted molar refractivity (Wildman–Crippen MR) is 79.5 cm³/mol. The summed E-state index contributed by atoms with van der Waals surface area (Å²) in [5.74, 6) is 0.391. The van der Waals surface area contributed by atoms with Crippen LogP contribution < -0.4 is 4.90 Å². The fourth-order valence-electron chi connectivity index (χ4n) is 2.88. The van der Waals surface area contributed by atoms with E-state index in [4.69, 9.17) is 11.6 Å². The fourth-order valence-corrected chi connectivity index (χ4v) is 3.00. The third-order valence-electron chi connectivity index (χ3n) is 4.10. The maximum absolute atomic E-state index is 12.3. The van der Waals surface area contributed by atoms with Crippen LogP contribution in [0.4, 0.5) is 5.69 Å². The summed E-state index contributed by atoms with van der Waals surface area (Å²) >= 11 is 5.86. The van der Waals surface area contributed by atoms with Gasteiger partial charge in [0, 0.05) is 23.2 Å². The first-order chi connectivity index (χ1) is 9.49. The molecule has 1 aromatic carbocycles. The van der Waals surface area contributed by atoms with Crippen LogP contribution in [0.1, 0.15) is 42.6 Å². The standard InChI is InChI=1S/C16H18ClNO2/c1-9-7-13-8-12(15(19)10(2)17)5-6-14(13)18(9)16(20)11-3-4-11/h5-6,8-11H,3-4,7H2,1-2H3. The van der Waals surface area contributed by atoms with Crippen LogP contribution in [0.5, 0.6) is 0 Å². The molecule has 2 atom stereocenters. The Balaban J connectivity index is 1.92. The van der Waals surface area contributed by atoms with Gasteiger partial charge in [0.1, 0.15) is 0 Å². The van der Waals surface area contributed by atoms with Crippen LogP contribution in [-0.2, 0) is 11.2 Å². The number of benzene rings is 1. The zero-order chi connectivity index (χ0) is 14.4. The van der Waals surface area contributed by atoms with Gasteiger partial charge >= 0.3 is 0 Å². The molecule has 4 heteroatoms. The van der Waals surface area contributed by atoms with Crippen molar-refractivity contribution in [2.45, 2.75) is 44.5 Å². The van der Waals surface area contributed by atoms with E-state index in [9.17, 15) is 9.59 Å². The lowest BCUT2D eigenvalue weighted by atomic mass is 10.0. The molecule has 1 aliphatic heterocycles. The van der Waals surface area contributed by atoms with Crippen molar-refractivity contribution >= 4 is 29.0 Å². The van der Waals surface area contributed by atoms with Crippen molar-refractivity contribution in [1.29, 1.82) is 0 Å². The Kier molecular flexibility index (Phi) is 3.33. The molecule has 0 aromatic heterocycles. The summed E-state index contributed by atoms with van der Waals surface area (Å²) in [5.41, 5.74) is 2.68. The summed E-state index contributed by atoms with van der Waals surface area (Å²) in [6.45, 7) is 3.74. The molecule has 0 bridgehead atoms. The topological polar surface area (TPSA) is 37.4 Å². The Morgan fingerprint density at radius 3 is 2.65 bits per heavy atom. The van der Waals surface area contributed by atoms with Crippen molar-refractivity contribution in [2.24, 2.45) is 5.92 Å². The first-order valence-corrected chi connectivity index (χ1v) is 7.57. The molecule has 1 saturated carbocycles. The van der Waals surface area contributed by atoms with Crippen molar-refractivity contribution in [1.82, 2.24) is 0 Å². The summed E-state index contributed by atoms with van der Waals surface area (Å²) in [7, 11) is 0. The van der Waals surface area contributed by atoms with Gasteiger partial charge in [-0.1, -0.05) is 0 Å². The number of alkyl halides is 1. The molecule has 2 aliphatic rings. The molecule has 1 heterocycles. The number of fused-ring (bicyclic) bond motifs is 1. The molecule has 0 spiro atoms. The van der Waals surface area contributed by atoms with Gasteiger partial charge in [0.2, 0.25) is 5.91 Å². The molecule has 0 saturated heterocycles. The van der Waals surface area contributed by atoms with Crippen LogP contribution in [0, 0.1) is 5.92 Å². The van der Waals surface area contributed by atoms with E-state index in [0.717, 1.165) is 30.5 Å². The first-order valence-electron chi connectivity index (χ1n) is 7.13. The van der Waals surface area contributed by atoms with Crippen molar-refractivity contribution in [3.63, 3.8) is 0 Å². The molecular weight excluding hydrogens is 274 g/mol. The minimum atomic E-state index is -0.518. The number of hydrogen-bond donors (Lipinski definition) is 0. The third-order valence-corrected chi connectivity index (χ3v) is 4.30. The number of carbonyl (C=O) groups is 2. The summed E-state index contributed by atoms with van der Waals surface area (Å²) in [6, 6.07) is 5.75. The van der Waals surface area contributed by atoms with Gasteiger partial charge in [-0.15, -0.1) is 11.6 Å². The fraction of sp³-hybridized carbons (Fsp3) is 0.500. The second-order valence-electron chi connectivity index (χ2n) is 5.86. The van der Waals surface area contributed by atoms with Gasteiger partial charge < -0.3 is 4.90 Å². The van der Waals surface area contributed by atoms with Gasteiger partial charge in [-0.2, -0.15) is 0 Å². The first kappa shape index (κ1) is 13.6. The number of carbonyl (C=O) groups excluding carboxylic acids is 2. The maximum Gasteiger partial charge on any atom is 0.230 e. The number of ketones is 1. The molecule has 3 rings (SSSR count). The second kappa shape index (κ2) is 4.88. The van der Waals surface area contributed by atoms with Crippen LogP contribution in [0.15, 0.2) is 18.2 Å². The van der Waals surface area contributed by atoms with Gasteiger partial charge in [-0.05, 0) is 56.9 Å². The molecule has 0 radical (unpaired) electrons. The highest BCUT2D eigenvalue weighted by Gasteiger charge is 2.39. The van der Waals surface area contributed by atoms with Crippen molar-refractivity contribution < 1.29 is 9.59 Å². The summed E-state index contributed by atoms with van der Waals surface area (Å²) in [6.07, 6.45) is 2.83. The number of nitrogens with zero attached hydrogens (tertiary/aromatic N) is 1. The minimum absolute atomic E-state index is 0.0610. The van der Waals surface area contributed by atoms with E-state index in [1.807, 2.05) is 17.0 Å². The predicted octanol–water partition coefficient (Wildman–Crippen LogP) is 3.18. The Morgan fingerprint density at radius 2 is 2.05 bits per heavy atom. The van der Waals surface area contributed by atoms with Crippen LogP contribution in [0.25, 0.3) is 0 Å². The highest BCUT2D eigenvalue weighted by molar-refractivity contribution is 6.33. The lowest BCUT2D eigenvalue weighted by Gasteiger charge is -2.22. The molecule has 1 amide bonds. The molecule has 1 aliphatic carbocycles. The molecule has 0 N–H and O–H groups in total. The monoisotopic (exact) mass is 291 g/mol. The quantitative estimate of drug-likeness (QED) is 0.633. The van der Waals surface area contributed by atoms with Crippen LogP contribution in [-0.4, -0.2) is 23.1 Å². The smallest absolute Gasteiger partial charge is 0.230 e. The van der Waals surface area contributed by atoms with Gasteiger partial charge in [-0.25, -0.2) is 0 Å². The summed E-state index contributed by atoms with van der Waals surface area (Å²) in [4.78, 5) is 26.2. The number of rotatable bonds is 3. The van der Waals surface area contributed by atoms with Crippen LogP contribution in [0.3, 0.4) is 0 Å². The van der Waals surface area contributed by atoms with Gasteiger partial charge in [-0.3, -0.25) is 9.59 Å². The molecule has 3 nitrogen and oxygen atoms in total. The molecule has 1 fully saturated rings. The second-order valence-corrected chi connectivity index (χ2v) is 6.51. The van der Waals surface area contributed by atoms with E-state index < -0.39 is 5.38 Å². The van der Waals surface area contributed by atoms with E-state index >= 15 is 0 Å². The zero-order valence-corrected chi connectivity index (χ0v) is 12.5. The third kappa shape index (κ3) is 2.24. The van der Waals surface area contributed by atoms with E-state index in [2.05, 4.69) is 6.92 Å². The summed E-state index contributed by atoms with van der Waals surface area (Å²) in [5, 5.41) is -0.518. The molecular formula is C16H18ClNO2. The Bertz CT molecular complexity index is 578. The Morgan fingerprint density at radius 1 is 1.35 bits per heavy atom. The van der Waals surface area contributed by atoms with Gasteiger partial charge in [0.25, 0.3) is 0 Å². The normalized spacial score (nSPS) is 22.6. The number of halogens is 1. The van der Waals surface area contributed by atoms with Crippen molar-refractivity contribution in [3.8, 4) is 0 Å². The lowest BCUT2D eigenvalue weighted by molar-refractivity contribution is -0.120. The van der Waals surface area contributed by atoms with Crippen molar-refractivity contribution in [3.05, 3.63) is 29.3 Å². The molecule has 20 heavy (non-hydrogen) atoms. The molecule has 106 valence electrons. The Labute approximate surface area is 123 Å². The highest BCUT2D eigenvalue weighted by Crippen LogP contribution is 2.39. The zero-order valence-electron chi connectivity index (χ0n) is 11.7. The van der Waals surface area contributed by atoms with Crippen LogP contribution in [0.2, 0.25) is 0 Å². The van der Waals surface area contributed by atoms with E-state index in [1.165, 1.54) is 0 Å². The summed E-state index contributed by atoms with van der Waals surface area (Å²) < 4.78 is 0. The van der Waals surface area contributed by atoms with Crippen LogP contribution >= 0.6 is 11.6 Å². The minimum Gasteiger partial charge on any atom is -0.309 e. The van der Waals surface area contributed by atoms with E-state index in [0.29, 0.717) is 5.56 Å². The van der Waals surface area contributed by atoms with Gasteiger partial charge in [0.05, 0.1) is 5.38 Å². The lowest BCUT2D eigenvalue weighted by Crippen LogP contribution is -2.36. The average molecular weight is 292 g/mol. The van der Waals surface area contributed by atoms with E-state index in [1.54, 1.807) is 13.0 Å². The van der Waals surface area contributed by atoms with E-state index in [-0.39, 0.29) is 23.7 Å². The largest absolute Gasteiger partial charge is 0.309 e.